The number of hydrogen-bond acceptors (Lipinski definition) is 3. The van der Waals surface area contributed by atoms with Crippen molar-refractivity contribution >= 4 is 6.03 Å². The number of carbonyl (C=O) groups is 1. The van der Waals surface area contributed by atoms with E-state index in [0.717, 1.165) is 17.7 Å². The molecular formula is C23H30N2O3. The molecule has 1 heterocycles. The highest BCUT2D eigenvalue weighted by Crippen LogP contribution is 2.33. The summed E-state index contributed by atoms with van der Waals surface area (Å²) >= 11 is 0. The molecular weight excluding hydrogens is 352 g/mol. The second kappa shape index (κ2) is 8.13. The van der Waals surface area contributed by atoms with Gasteiger partial charge in [-0.3, -0.25) is 0 Å². The molecule has 2 amide bonds. The summed E-state index contributed by atoms with van der Waals surface area (Å²) in [5, 5.41) is 3.12. The number of aryl methyl sites for hydroxylation is 1. The SMILES string of the molecule is COc1cc2c(cc1OC)CN(C(=O)NCC(C)(C)c1ccc(C)cc1)CC2. The van der Waals surface area contributed by atoms with Crippen LogP contribution in [0.4, 0.5) is 4.79 Å². The molecule has 1 aliphatic rings. The summed E-state index contributed by atoms with van der Waals surface area (Å²) in [6.07, 6.45) is 0.810. The zero-order chi connectivity index (χ0) is 20.3. The molecule has 2 aromatic carbocycles. The standard InChI is InChI=1S/C23H30N2O3/c1-16-6-8-19(9-7-16)23(2,3)15-24-22(26)25-11-10-17-12-20(27-4)21(28-5)13-18(17)14-25/h6-9,12-13H,10-11,14-15H2,1-5H3,(H,24,26). The quantitative estimate of drug-likeness (QED) is 0.848. The van der Waals surface area contributed by atoms with Gasteiger partial charge >= 0.3 is 6.03 Å². The Hall–Kier alpha value is -2.69. The fraction of sp³-hybridized carbons (Fsp3) is 0.435. The lowest BCUT2D eigenvalue weighted by molar-refractivity contribution is 0.190. The molecule has 150 valence electrons. The molecule has 0 radical (unpaired) electrons. The molecule has 0 fully saturated rings. The number of rotatable bonds is 5. The third-order valence-electron chi connectivity index (χ3n) is 5.52. The Morgan fingerprint density at radius 2 is 1.68 bits per heavy atom. The molecule has 0 unspecified atom stereocenters. The minimum atomic E-state index is -0.131. The molecule has 28 heavy (non-hydrogen) atoms. The van der Waals surface area contributed by atoms with Gasteiger partial charge in [0, 0.05) is 25.0 Å². The molecule has 0 aliphatic carbocycles. The van der Waals surface area contributed by atoms with Crippen molar-refractivity contribution in [1.29, 1.82) is 0 Å². The topological polar surface area (TPSA) is 50.8 Å². The fourth-order valence-electron chi connectivity index (χ4n) is 3.57. The van der Waals surface area contributed by atoms with Gasteiger partial charge in [0.1, 0.15) is 0 Å². The summed E-state index contributed by atoms with van der Waals surface area (Å²) in [6.45, 7) is 8.24. The van der Waals surface area contributed by atoms with Crippen molar-refractivity contribution in [3.63, 3.8) is 0 Å². The van der Waals surface area contributed by atoms with E-state index in [1.165, 1.54) is 16.7 Å². The normalized spacial score (nSPS) is 13.7. The number of methoxy groups -OCH3 is 2. The molecule has 5 nitrogen and oxygen atoms in total. The summed E-state index contributed by atoms with van der Waals surface area (Å²) < 4.78 is 10.8. The van der Waals surface area contributed by atoms with E-state index in [1.807, 2.05) is 17.0 Å². The van der Waals surface area contributed by atoms with Crippen LogP contribution < -0.4 is 14.8 Å². The third kappa shape index (κ3) is 4.24. The van der Waals surface area contributed by atoms with E-state index >= 15 is 0 Å². The number of amides is 2. The van der Waals surface area contributed by atoms with Gasteiger partial charge in [-0.15, -0.1) is 0 Å². The van der Waals surface area contributed by atoms with Crippen molar-refractivity contribution in [2.45, 2.75) is 39.2 Å². The lowest BCUT2D eigenvalue weighted by Crippen LogP contribution is -2.46. The summed E-state index contributed by atoms with van der Waals surface area (Å²) in [4.78, 5) is 14.6. The largest absolute Gasteiger partial charge is 0.493 e. The lowest BCUT2D eigenvalue weighted by Gasteiger charge is -2.32. The molecule has 0 atom stereocenters. The van der Waals surface area contributed by atoms with E-state index < -0.39 is 0 Å². The Morgan fingerprint density at radius 1 is 1.07 bits per heavy atom. The monoisotopic (exact) mass is 382 g/mol. The predicted molar refractivity (Wildman–Crippen MR) is 111 cm³/mol. The van der Waals surface area contributed by atoms with Crippen molar-refractivity contribution < 1.29 is 14.3 Å². The zero-order valence-corrected chi connectivity index (χ0v) is 17.5. The maximum absolute atomic E-state index is 12.8. The van der Waals surface area contributed by atoms with Crippen molar-refractivity contribution in [2.75, 3.05) is 27.3 Å². The Kier molecular flexibility index (Phi) is 5.82. The number of benzene rings is 2. The summed E-state index contributed by atoms with van der Waals surface area (Å²) in [6, 6.07) is 12.5. The van der Waals surface area contributed by atoms with Crippen LogP contribution in [0.3, 0.4) is 0 Å². The maximum atomic E-state index is 12.8. The van der Waals surface area contributed by atoms with Crippen LogP contribution >= 0.6 is 0 Å². The molecule has 1 aliphatic heterocycles. The molecule has 2 aromatic rings. The minimum absolute atomic E-state index is 0.0272. The number of ether oxygens (including phenoxy) is 2. The van der Waals surface area contributed by atoms with Crippen molar-refractivity contribution in [3.8, 4) is 11.5 Å². The van der Waals surface area contributed by atoms with Gasteiger partial charge in [-0.1, -0.05) is 43.7 Å². The predicted octanol–water partition coefficient (Wildman–Crippen LogP) is 4.06. The van der Waals surface area contributed by atoms with Gasteiger partial charge in [0.25, 0.3) is 0 Å². The second-order valence-electron chi connectivity index (χ2n) is 8.06. The summed E-state index contributed by atoms with van der Waals surface area (Å²) in [5.74, 6) is 1.43. The summed E-state index contributed by atoms with van der Waals surface area (Å²) in [7, 11) is 3.27. The molecule has 0 spiro atoms. The highest BCUT2D eigenvalue weighted by Gasteiger charge is 2.26. The van der Waals surface area contributed by atoms with E-state index in [1.54, 1.807) is 14.2 Å². The fourth-order valence-corrected chi connectivity index (χ4v) is 3.57. The third-order valence-corrected chi connectivity index (χ3v) is 5.52. The number of hydrogen-bond donors (Lipinski definition) is 1. The van der Waals surface area contributed by atoms with Gasteiger partial charge in [0.2, 0.25) is 0 Å². The van der Waals surface area contributed by atoms with Crippen LogP contribution in [0.1, 0.15) is 36.1 Å². The number of nitrogens with one attached hydrogen (secondary N) is 1. The van der Waals surface area contributed by atoms with Gasteiger partial charge in [0.15, 0.2) is 11.5 Å². The van der Waals surface area contributed by atoms with E-state index in [0.29, 0.717) is 25.4 Å². The van der Waals surface area contributed by atoms with E-state index in [4.69, 9.17) is 9.47 Å². The van der Waals surface area contributed by atoms with E-state index in [-0.39, 0.29) is 11.4 Å². The van der Waals surface area contributed by atoms with E-state index in [2.05, 4.69) is 50.4 Å². The van der Waals surface area contributed by atoms with E-state index in [9.17, 15) is 4.79 Å². The number of fused-ring (bicyclic) bond motifs is 1. The van der Waals surface area contributed by atoms with Crippen molar-refractivity contribution in [3.05, 3.63) is 58.7 Å². The Morgan fingerprint density at radius 3 is 2.29 bits per heavy atom. The molecule has 5 heteroatoms. The van der Waals surface area contributed by atoms with Gasteiger partial charge in [-0.05, 0) is 42.2 Å². The smallest absolute Gasteiger partial charge is 0.317 e. The van der Waals surface area contributed by atoms with Crippen molar-refractivity contribution in [1.82, 2.24) is 10.2 Å². The highest BCUT2D eigenvalue weighted by atomic mass is 16.5. The van der Waals surface area contributed by atoms with Crippen LogP contribution in [0, 0.1) is 6.92 Å². The molecule has 1 N–H and O–H groups in total. The van der Waals surface area contributed by atoms with Crippen LogP contribution in [0.25, 0.3) is 0 Å². The first kappa shape index (κ1) is 20.1. The second-order valence-corrected chi connectivity index (χ2v) is 8.06. The first-order valence-electron chi connectivity index (χ1n) is 9.68. The minimum Gasteiger partial charge on any atom is -0.493 e. The van der Waals surface area contributed by atoms with Crippen LogP contribution in [-0.4, -0.2) is 38.2 Å². The Balaban J connectivity index is 1.65. The number of nitrogens with zero attached hydrogens (tertiary/aromatic N) is 1. The van der Waals surface area contributed by atoms with Crippen molar-refractivity contribution in [2.24, 2.45) is 0 Å². The number of carbonyl (C=O) groups excluding carboxylic acids is 1. The Bertz CT molecular complexity index is 844. The summed E-state index contributed by atoms with van der Waals surface area (Å²) in [5.41, 5.74) is 4.65. The van der Waals surface area contributed by atoms with Gasteiger partial charge in [0.05, 0.1) is 14.2 Å². The molecule has 0 saturated heterocycles. The van der Waals surface area contributed by atoms with Crippen LogP contribution in [0.2, 0.25) is 0 Å². The molecule has 0 aromatic heterocycles. The highest BCUT2D eigenvalue weighted by molar-refractivity contribution is 5.75. The molecule has 3 rings (SSSR count). The van der Waals surface area contributed by atoms with Crippen LogP contribution in [0.15, 0.2) is 36.4 Å². The average Bonchev–Trinajstić information content (AvgIpc) is 2.70. The van der Waals surface area contributed by atoms with Crippen LogP contribution in [0.5, 0.6) is 11.5 Å². The molecule has 0 saturated carbocycles. The lowest BCUT2D eigenvalue weighted by atomic mass is 9.84. The first-order chi connectivity index (χ1) is 13.3. The van der Waals surface area contributed by atoms with Gasteiger partial charge in [-0.25, -0.2) is 4.79 Å². The van der Waals surface area contributed by atoms with Gasteiger partial charge in [-0.2, -0.15) is 0 Å². The Labute approximate surface area is 167 Å². The molecule has 0 bridgehead atoms. The maximum Gasteiger partial charge on any atom is 0.317 e. The zero-order valence-electron chi connectivity index (χ0n) is 17.5. The average molecular weight is 383 g/mol. The number of urea groups is 1. The van der Waals surface area contributed by atoms with Gasteiger partial charge < -0.3 is 19.7 Å². The first-order valence-corrected chi connectivity index (χ1v) is 9.68. The van der Waals surface area contributed by atoms with Crippen LogP contribution in [-0.2, 0) is 18.4 Å².